The van der Waals surface area contributed by atoms with Crippen molar-refractivity contribution in [2.45, 2.75) is 19.8 Å². The smallest absolute Gasteiger partial charge is 0.272 e. The van der Waals surface area contributed by atoms with Crippen molar-refractivity contribution in [3.05, 3.63) is 36.3 Å². The first kappa shape index (κ1) is 12.5. The van der Waals surface area contributed by atoms with Gasteiger partial charge in [0, 0.05) is 19.0 Å². The van der Waals surface area contributed by atoms with Gasteiger partial charge in [0.2, 0.25) is 0 Å². The molecule has 1 amide bonds. The summed E-state index contributed by atoms with van der Waals surface area (Å²) in [4.78, 5) is 22.3. The van der Waals surface area contributed by atoms with Gasteiger partial charge < -0.3 is 4.90 Å². The predicted molar refractivity (Wildman–Crippen MR) is 71.4 cm³/mol. The summed E-state index contributed by atoms with van der Waals surface area (Å²) in [5.41, 5.74) is 1.29. The van der Waals surface area contributed by atoms with Crippen LogP contribution in [0.3, 0.4) is 0 Å². The number of amides is 1. The fourth-order valence-electron chi connectivity index (χ4n) is 1.85. The first-order valence-corrected chi connectivity index (χ1v) is 6.19. The average Bonchev–Trinajstić information content (AvgIpc) is 2.43. The monoisotopic (exact) mass is 243 g/mol. The first-order chi connectivity index (χ1) is 8.74. The molecule has 1 aromatic carbocycles. The molecule has 0 aliphatic heterocycles. The SMILES string of the molecule is CCCCN(C)C(=O)c1ncnc2ccccc12. The molecule has 2 aromatic rings. The zero-order valence-corrected chi connectivity index (χ0v) is 10.8. The van der Waals surface area contributed by atoms with Crippen molar-refractivity contribution >= 4 is 16.8 Å². The highest BCUT2D eigenvalue weighted by Gasteiger charge is 2.15. The zero-order chi connectivity index (χ0) is 13.0. The molecule has 0 spiro atoms. The lowest BCUT2D eigenvalue weighted by atomic mass is 10.1. The van der Waals surface area contributed by atoms with E-state index in [1.807, 2.05) is 31.3 Å². The van der Waals surface area contributed by atoms with Crippen molar-refractivity contribution in [3.8, 4) is 0 Å². The lowest BCUT2D eigenvalue weighted by molar-refractivity contribution is 0.0789. The molecule has 4 heteroatoms. The van der Waals surface area contributed by atoms with Crippen molar-refractivity contribution in [1.29, 1.82) is 0 Å². The molecule has 0 fully saturated rings. The van der Waals surface area contributed by atoms with Gasteiger partial charge in [0.1, 0.15) is 12.0 Å². The maximum absolute atomic E-state index is 12.3. The largest absolute Gasteiger partial charge is 0.340 e. The van der Waals surface area contributed by atoms with Crippen LogP contribution in [0.25, 0.3) is 10.9 Å². The van der Waals surface area contributed by atoms with Crippen LogP contribution in [0.4, 0.5) is 0 Å². The zero-order valence-electron chi connectivity index (χ0n) is 10.8. The van der Waals surface area contributed by atoms with Crippen molar-refractivity contribution in [3.63, 3.8) is 0 Å². The van der Waals surface area contributed by atoms with Gasteiger partial charge >= 0.3 is 0 Å². The average molecular weight is 243 g/mol. The number of hydrogen-bond donors (Lipinski definition) is 0. The topological polar surface area (TPSA) is 46.1 Å². The number of carbonyl (C=O) groups is 1. The van der Waals surface area contributed by atoms with E-state index in [0.29, 0.717) is 5.69 Å². The normalized spacial score (nSPS) is 10.6. The maximum Gasteiger partial charge on any atom is 0.272 e. The Bertz CT molecular complexity index is 548. The van der Waals surface area contributed by atoms with E-state index in [4.69, 9.17) is 0 Å². The van der Waals surface area contributed by atoms with Gasteiger partial charge in [0.15, 0.2) is 0 Å². The van der Waals surface area contributed by atoms with Crippen LogP contribution < -0.4 is 0 Å². The van der Waals surface area contributed by atoms with Crippen LogP contribution in [0.2, 0.25) is 0 Å². The minimum absolute atomic E-state index is 0.0398. The van der Waals surface area contributed by atoms with Crippen LogP contribution in [-0.2, 0) is 0 Å². The Hall–Kier alpha value is -1.97. The second kappa shape index (κ2) is 5.58. The van der Waals surface area contributed by atoms with Crippen molar-refractivity contribution < 1.29 is 4.79 Å². The molecule has 0 atom stereocenters. The molecular formula is C14H17N3O. The molecule has 2 rings (SSSR count). The molecule has 0 saturated heterocycles. The Morgan fingerprint density at radius 3 is 2.83 bits per heavy atom. The van der Waals surface area contributed by atoms with E-state index in [2.05, 4.69) is 16.9 Å². The van der Waals surface area contributed by atoms with E-state index in [1.54, 1.807) is 4.90 Å². The fraction of sp³-hybridized carbons (Fsp3) is 0.357. The third-order valence-corrected chi connectivity index (χ3v) is 2.94. The number of aromatic nitrogens is 2. The molecule has 0 unspecified atom stereocenters. The van der Waals surface area contributed by atoms with E-state index in [0.717, 1.165) is 30.3 Å². The molecule has 0 aliphatic rings. The fourth-order valence-corrected chi connectivity index (χ4v) is 1.85. The number of para-hydroxylation sites is 1. The second-order valence-corrected chi connectivity index (χ2v) is 4.32. The highest BCUT2D eigenvalue weighted by Crippen LogP contribution is 2.15. The molecule has 1 heterocycles. The van der Waals surface area contributed by atoms with Crippen molar-refractivity contribution in [2.24, 2.45) is 0 Å². The van der Waals surface area contributed by atoms with Crippen LogP contribution in [0.1, 0.15) is 30.3 Å². The minimum atomic E-state index is -0.0398. The number of unbranched alkanes of at least 4 members (excludes halogenated alkanes) is 1. The Balaban J connectivity index is 2.33. The van der Waals surface area contributed by atoms with E-state index in [9.17, 15) is 4.79 Å². The Kier molecular flexibility index (Phi) is 3.87. The molecule has 0 saturated carbocycles. The Labute approximate surface area is 107 Å². The molecule has 0 aliphatic carbocycles. The summed E-state index contributed by atoms with van der Waals surface area (Å²) in [7, 11) is 1.81. The van der Waals surface area contributed by atoms with Crippen molar-refractivity contribution in [1.82, 2.24) is 14.9 Å². The standard InChI is InChI=1S/C14H17N3O/c1-3-4-9-17(2)14(18)13-11-7-5-6-8-12(11)15-10-16-13/h5-8,10H,3-4,9H2,1-2H3. The highest BCUT2D eigenvalue weighted by molar-refractivity contribution is 6.03. The quantitative estimate of drug-likeness (QED) is 0.828. The van der Waals surface area contributed by atoms with Gasteiger partial charge in [-0.3, -0.25) is 4.79 Å². The summed E-state index contributed by atoms with van der Waals surface area (Å²) in [6.07, 6.45) is 3.52. The molecule has 0 N–H and O–H groups in total. The summed E-state index contributed by atoms with van der Waals surface area (Å²) in [5.74, 6) is -0.0398. The van der Waals surface area contributed by atoms with Crippen LogP contribution in [0.15, 0.2) is 30.6 Å². The van der Waals surface area contributed by atoms with Crippen LogP contribution in [0.5, 0.6) is 0 Å². The molecule has 18 heavy (non-hydrogen) atoms. The third-order valence-electron chi connectivity index (χ3n) is 2.94. The molecule has 94 valence electrons. The van der Waals surface area contributed by atoms with E-state index in [1.165, 1.54) is 6.33 Å². The van der Waals surface area contributed by atoms with Crippen LogP contribution in [-0.4, -0.2) is 34.4 Å². The van der Waals surface area contributed by atoms with Gasteiger partial charge in [-0.1, -0.05) is 31.5 Å². The lowest BCUT2D eigenvalue weighted by Gasteiger charge is -2.16. The lowest BCUT2D eigenvalue weighted by Crippen LogP contribution is -2.28. The molecular weight excluding hydrogens is 226 g/mol. The van der Waals surface area contributed by atoms with E-state index < -0.39 is 0 Å². The summed E-state index contributed by atoms with van der Waals surface area (Å²) in [6, 6.07) is 7.58. The summed E-state index contributed by atoms with van der Waals surface area (Å²) in [6.45, 7) is 2.87. The third kappa shape index (κ3) is 2.47. The summed E-state index contributed by atoms with van der Waals surface area (Å²) >= 11 is 0. The first-order valence-electron chi connectivity index (χ1n) is 6.19. The maximum atomic E-state index is 12.3. The molecule has 1 aromatic heterocycles. The van der Waals surface area contributed by atoms with Crippen LogP contribution in [0, 0.1) is 0 Å². The van der Waals surface area contributed by atoms with Crippen LogP contribution >= 0.6 is 0 Å². The Morgan fingerprint density at radius 2 is 2.06 bits per heavy atom. The number of rotatable bonds is 4. The van der Waals surface area contributed by atoms with E-state index in [-0.39, 0.29) is 5.91 Å². The number of fused-ring (bicyclic) bond motifs is 1. The van der Waals surface area contributed by atoms with Gasteiger partial charge in [-0.25, -0.2) is 9.97 Å². The summed E-state index contributed by atoms with van der Waals surface area (Å²) in [5, 5.41) is 0.813. The molecule has 4 nitrogen and oxygen atoms in total. The number of benzene rings is 1. The number of carbonyl (C=O) groups excluding carboxylic acids is 1. The minimum Gasteiger partial charge on any atom is -0.340 e. The van der Waals surface area contributed by atoms with Gasteiger partial charge in [-0.2, -0.15) is 0 Å². The Morgan fingerprint density at radius 1 is 1.28 bits per heavy atom. The van der Waals surface area contributed by atoms with Gasteiger partial charge in [-0.15, -0.1) is 0 Å². The molecule has 0 radical (unpaired) electrons. The predicted octanol–water partition coefficient (Wildman–Crippen LogP) is 2.50. The van der Waals surface area contributed by atoms with E-state index >= 15 is 0 Å². The van der Waals surface area contributed by atoms with Crippen molar-refractivity contribution in [2.75, 3.05) is 13.6 Å². The van der Waals surface area contributed by atoms with Gasteiger partial charge in [0.25, 0.3) is 5.91 Å². The molecule has 0 bridgehead atoms. The van der Waals surface area contributed by atoms with Gasteiger partial charge in [-0.05, 0) is 12.5 Å². The highest BCUT2D eigenvalue weighted by atomic mass is 16.2. The number of nitrogens with zero attached hydrogens (tertiary/aromatic N) is 3. The van der Waals surface area contributed by atoms with Gasteiger partial charge in [0.05, 0.1) is 5.52 Å². The second-order valence-electron chi connectivity index (χ2n) is 4.32. The number of hydrogen-bond acceptors (Lipinski definition) is 3. The summed E-state index contributed by atoms with van der Waals surface area (Å²) < 4.78 is 0.